The topological polar surface area (TPSA) is 40.2 Å². The summed E-state index contributed by atoms with van der Waals surface area (Å²) in [5.41, 5.74) is 8.64. The fourth-order valence-electron chi connectivity index (χ4n) is 3.03. The molecule has 0 aliphatic heterocycles. The molecule has 0 spiro atoms. The van der Waals surface area contributed by atoms with E-state index in [1.54, 1.807) is 18.2 Å². The van der Waals surface area contributed by atoms with Gasteiger partial charge in [0.05, 0.1) is 12.1 Å². The summed E-state index contributed by atoms with van der Waals surface area (Å²) in [6.45, 7) is 2.81. The monoisotopic (exact) mass is 344 g/mol. The Hall–Kier alpha value is -2.40. The minimum absolute atomic E-state index is 0.102. The molecule has 2 aromatic carbocycles. The number of ether oxygens (including phenoxy) is 1. The molecule has 0 fully saturated rings. The van der Waals surface area contributed by atoms with Crippen LogP contribution < -0.4 is 10.5 Å². The van der Waals surface area contributed by atoms with E-state index in [0.29, 0.717) is 19.6 Å². The molecule has 3 nitrogen and oxygen atoms in total. The standard InChI is InChI=1S/C20H22F2N2O/c1-13(11-23)16-12-24(2)18-8-7-17(22)20(19(16)18)25-10-9-14-3-5-15(21)6-4-14/h3-8,12-13H,9-11,23H2,1-2H3. The van der Waals surface area contributed by atoms with Crippen molar-refractivity contribution in [3.05, 3.63) is 65.4 Å². The molecule has 132 valence electrons. The molecule has 0 bridgehead atoms. The lowest BCUT2D eigenvalue weighted by Gasteiger charge is -2.13. The maximum atomic E-state index is 14.4. The number of nitrogens with two attached hydrogens (primary N) is 1. The van der Waals surface area contributed by atoms with Gasteiger partial charge in [0, 0.05) is 25.1 Å². The van der Waals surface area contributed by atoms with Crippen molar-refractivity contribution in [1.29, 1.82) is 0 Å². The molecule has 3 rings (SSSR count). The molecular weight excluding hydrogens is 322 g/mol. The van der Waals surface area contributed by atoms with Crippen molar-refractivity contribution in [3.8, 4) is 5.75 Å². The molecule has 0 radical (unpaired) electrons. The van der Waals surface area contributed by atoms with Gasteiger partial charge in [0.25, 0.3) is 0 Å². The van der Waals surface area contributed by atoms with Crippen molar-refractivity contribution in [1.82, 2.24) is 4.57 Å². The van der Waals surface area contributed by atoms with Gasteiger partial charge in [-0.05, 0) is 47.9 Å². The number of rotatable bonds is 6. The minimum atomic E-state index is -0.386. The molecule has 0 aliphatic rings. The summed E-state index contributed by atoms with van der Waals surface area (Å²) in [6, 6.07) is 9.42. The van der Waals surface area contributed by atoms with Gasteiger partial charge in [0.2, 0.25) is 0 Å². The predicted octanol–water partition coefficient (Wildman–Crippen LogP) is 4.14. The fraction of sp³-hybridized carbons (Fsp3) is 0.300. The van der Waals surface area contributed by atoms with E-state index in [1.807, 2.05) is 24.7 Å². The summed E-state index contributed by atoms with van der Waals surface area (Å²) in [4.78, 5) is 0. The summed E-state index contributed by atoms with van der Waals surface area (Å²) >= 11 is 0. The molecule has 5 heteroatoms. The molecule has 0 amide bonds. The smallest absolute Gasteiger partial charge is 0.165 e. The van der Waals surface area contributed by atoms with Crippen molar-refractivity contribution in [3.63, 3.8) is 0 Å². The summed E-state index contributed by atoms with van der Waals surface area (Å²) in [5.74, 6) is -0.297. The number of nitrogens with zero attached hydrogens (tertiary/aromatic N) is 1. The van der Waals surface area contributed by atoms with Gasteiger partial charge in [0.15, 0.2) is 11.6 Å². The number of hydrogen-bond donors (Lipinski definition) is 1. The highest BCUT2D eigenvalue weighted by molar-refractivity contribution is 5.90. The van der Waals surface area contributed by atoms with Crippen LogP contribution in [0.2, 0.25) is 0 Å². The van der Waals surface area contributed by atoms with E-state index in [0.717, 1.165) is 22.0 Å². The number of halogens is 2. The average Bonchev–Trinajstić information content (AvgIpc) is 2.94. The Labute approximate surface area is 146 Å². The Bertz CT molecular complexity index is 872. The van der Waals surface area contributed by atoms with Gasteiger partial charge in [-0.2, -0.15) is 0 Å². The maximum Gasteiger partial charge on any atom is 0.165 e. The molecule has 0 saturated carbocycles. The van der Waals surface area contributed by atoms with Crippen LogP contribution in [0.15, 0.2) is 42.6 Å². The van der Waals surface area contributed by atoms with Gasteiger partial charge in [-0.3, -0.25) is 0 Å². The van der Waals surface area contributed by atoms with E-state index in [9.17, 15) is 8.78 Å². The summed E-state index contributed by atoms with van der Waals surface area (Å²) in [6.07, 6.45) is 2.55. The van der Waals surface area contributed by atoms with Crippen LogP contribution in [0.25, 0.3) is 10.9 Å². The zero-order valence-electron chi connectivity index (χ0n) is 14.4. The van der Waals surface area contributed by atoms with Crippen molar-refractivity contribution < 1.29 is 13.5 Å². The third-order valence-electron chi connectivity index (χ3n) is 4.52. The number of aromatic nitrogens is 1. The van der Waals surface area contributed by atoms with Crippen LogP contribution >= 0.6 is 0 Å². The second-order valence-electron chi connectivity index (χ2n) is 6.33. The molecule has 1 heterocycles. The lowest BCUT2D eigenvalue weighted by Crippen LogP contribution is -2.09. The zero-order valence-corrected chi connectivity index (χ0v) is 14.4. The third kappa shape index (κ3) is 3.51. The lowest BCUT2D eigenvalue weighted by molar-refractivity contribution is 0.309. The molecule has 1 unspecified atom stereocenters. The number of aryl methyl sites for hydroxylation is 1. The van der Waals surface area contributed by atoms with E-state index >= 15 is 0 Å². The van der Waals surface area contributed by atoms with Crippen molar-refractivity contribution in [2.24, 2.45) is 12.8 Å². The van der Waals surface area contributed by atoms with Gasteiger partial charge in [-0.1, -0.05) is 19.1 Å². The molecule has 2 N–H and O–H groups in total. The number of benzene rings is 2. The summed E-state index contributed by atoms with van der Waals surface area (Å²) in [5, 5.41) is 0.777. The molecule has 1 aromatic heterocycles. The van der Waals surface area contributed by atoms with Crippen LogP contribution in [0.4, 0.5) is 8.78 Å². The Morgan fingerprint density at radius 3 is 2.52 bits per heavy atom. The van der Waals surface area contributed by atoms with E-state index < -0.39 is 0 Å². The van der Waals surface area contributed by atoms with E-state index in [-0.39, 0.29) is 23.3 Å². The normalized spacial score (nSPS) is 12.5. The van der Waals surface area contributed by atoms with Crippen LogP contribution in [-0.4, -0.2) is 17.7 Å². The van der Waals surface area contributed by atoms with Gasteiger partial charge in [0.1, 0.15) is 5.82 Å². The first-order chi connectivity index (χ1) is 12.0. The molecule has 1 atom stereocenters. The van der Waals surface area contributed by atoms with Gasteiger partial charge < -0.3 is 15.0 Å². The molecule has 0 aliphatic carbocycles. The van der Waals surface area contributed by atoms with Crippen LogP contribution in [-0.2, 0) is 13.5 Å². The minimum Gasteiger partial charge on any atom is -0.489 e. The molecular formula is C20H22F2N2O. The first kappa shape index (κ1) is 17.4. The number of hydrogen-bond acceptors (Lipinski definition) is 2. The largest absolute Gasteiger partial charge is 0.489 e. The molecule has 25 heavy (non-hydrogen) atoms. The Morgan fingerprint density at radius 2 is 1.84 bits per heavy atom. The summed E-state index contributed by atoms with van der Waals surface area (Å²) in [7, 11) is 1.93. The van der Waals surface area contributed by atoms with Gasteiger partial charge in [-0.15, -0.1) is 0 Å². The highest BCUT2D eigenvalue weighted by atomic mass is 19.1. The maximum absolute atomic E-state index is 14.4. The Balaban J connectivity index is 1.89. The summed E-state index contributed by atoms with van der Waals surface area (Å²) < 4.78 is 35.2. The zero-order chi connectivity index (χ0) is 18.0. The second-order valence-corrected chi connectivity index (χ2v) is 6.33. The number of fused-ring (bicyclic) bond motifs is 1. The molecule has 3 aromatic rings. The highest BCUT2D eigenvalue weighted by Gasteiger charge is 2.19. The predicted molar refractivity (Wildman–Crippen MR) is 95.9 cm³/mol. The van der Waals surface area contributed by atoms with E-state index in [1.165, 1.54) is 18.2 Å². The van der Waals surface area contributed by atoms with Crippen LogP contribution in [0.5, 0.6) is 5.75 Å². The fourth-order valence-corrected chi connectivity index (χ4v) is 3.03. The van der Waals surface area contributed by atoms with Gasteiger partial charge >= 0.3 is 0 Å². The SMILES string of the molecule is CC(CN)c1cn(C)c2ccc(F)c(OCCc3ccc(F)cc3)c12. The van der Waals surface area contributed by atoms with Gasteiger partial charge in [-0.25, -0.2) is 8.78 Å². The first-order valence-electron chi connectivity index (χ1n) is 8.36. The van der Waals surface area contributed by atoms with Crippen molar-refractivity contribution >= 4 is 10.9 Å². The third-order valence-corrected chi connectivity index (χ3v) is 4.52. The first-order valence-corrected chi connectivity index (χ1v) is 8.36. The van der Waals surface area contributed by atoms with Crippen LogP contribution in [0.1, 0.15) is 24.0 Å². The van der Waals surface area contributed by atoms with Crippen LogP contribution in [0.3, 0.4) is 0 Å². The lowest BCUT2D eigenvalue weighted by atomic mass is 10.00. The van der Waals surface area contributed by atoms with Crippen molar-refractivity contribution in [2.75, 3.05) is 13.2 Å². The second kappa shape index (κ2) is 7.23. The molecule has 0 saturated heterocycles. The quantitative estimate of drug-likeness (QED) is 0.730. The average molecular weight is 344 g/mol. The van der Waals surface area contributed by atoms with E-state index in [2.05, 4.69) is 0 Å². The van der Waals surface area contributed by atoms with Crippen LogP contribution in [0, 0.1) is 11.6 Å². The highest BCUT2D eigenvalue weighted by Crippen LogP contribution is 2.36. The van der Waals surface area contributed by atoms with E-state index in [4.69, 9.17) is 10.5 Å². The Kier molecular flexibility index (Phi) is 5.04. The van der Waals surface area contributed by atoms with Crippen molar-refractivity contribution in [2.45, 2.75) is 19.3 Å². The Morgan fingerprint density at radius 1 is 1.12 bits per heavy atom.